The Hall–Kier alpha value is -0.963. The molecule has 0 rings (SSSR count). The molecule has 0 saturated heterocycles. The molecule has 2 amide bonds. The first-order valence-corrected chi connectivity index (χ1v) is 12.6. The highest BCUT2D eigenvalue weighted by Crippen LogP contribution is 2.33. The summed E-state index contributed by atoms with van der Waals surface area (Å²) < 4.78 is 18.0. The van der Waals surface area contributed by atoms with Gasteiger partial charge in [-0.25, -0.2) is 0 Å². The number of hydrogen-bond acceptors (Lipinski definition) is 5. The van der Waals surface area contributed by atoms with Crippen molar-refractivity contribution in [2.24, 2.45) is 5.92 Å². The fraction of sp³-hybridized carbons (Fsp3) is 0.900. The summed E-state index contributed by atoms with van der Waals surface area (Å²) in [5, 5.41) is 0. The van der Waals surface area contributed by atoms with Crippen LogP contribution in [0.3, 0.4) is 0 Å². The van der Waals surface area contributed by atoms with Crippen LogP contribution in [0.4, 0.5) is 0 Å². The Morgan fingerprint density at radius 3 is 1.29 bits per heavy atom. The Morgan fingerprint density at radius 1 is 0.714 bits per heavy atom. The van der Waals surface area contributed by atoms with Gasteiger partial charge >= 0.3 is 8.80 Å². The van der Waals surface area contributed by atoms with Gasteiger partial charge in [0.05, 0.1) is 0 Å². The summed E-state index contributed by atoms with van der Waals surface area (Å²) in [6, 6.07) is 0. The van der Waals surface area contributed by atoms with Crippen molar-refractivity contribution in [1.29, 1.82) is 0 Å². The van der Waals surface area contributed by atoms with E-state index < -0.39 is 14.7 Å². The monoisotopic (exact) mass is 418 g/mol. The summed E-state index contributed by atoms with van der Waals surface area (Å²) in [6.07, 6.45) is 0.358. The molecule has 0 saturated carbocycles. The summed E-state index contributed by atoms with van der Waals surface area (Å²) >= 11 is 0. The minimum absolute atomic E-state index is 0.124. The van der Waals surface area contributed by atoms with Gasteiger partial charge in [-0.15, -0.1) is 0 Å². The summed E-state index contributed by atoms with van der Waals surface area (Å²) in [7, 11) is -3.01. The second-order valence-corrected chi connectivity index (χ2v) is 9.67. The molecule has 0 N–H and O–H groups in total. The van der Waals surface area contributed by atoms with Gasteiger partial charge in [0.25, 0.3) is 0 Å². The molecule has 0 heterocycles. The van der Waals surface area contributed by atoms with Crippen LogP contribution < -0.4 is 0 Å². The Labute approximate surface area is 173 Å². The molecule has 0 bridgehead atoms. The zero-order valence-corrected chi connectivity index (χ0v) is 20.2. The number of rotatable bonds is 15. The Balaban J connectivity index is 5.87. The summed E-state index contributed by atoms with van der Waals surface area (Å²) in [6.45, 7) is 19.2. The molecule has 0 aliphatic rings. The molecule has 0 aliphatic heterocycles. The van der Waals surface area contributed by atoms with Gasteiger partial charge in [-0.2, -0.15) is 0 Å². The first-order chi connectivity index (χ1) is 13.3. The van der Waals surface area contributed by atoms with E-state index in [1.54, 1.807) is 9.80 Å². The van der Waals surface area contributed by atoms with E-state index in [0.29, 0.717) is 52.4 Å². The van der Waals surface area contributed by atoms with Crippen LogP contribution in [-0.4, -0.2) is 76.4 Å². The SMILES string of the molecule is CCO[Si](OCC)(OCC)C(C)CC(C(=O)N(CC)CC)C(=O)N(CC)CC. The van der Waals surface area contributed by atoms with Gasteiger partial charge in [0, 0.05) is 51.5 Å². The van der Waals surface area contributed by atoms with Gasteiger partial charge in [-0.05, 0) is 54.9 Å². The second-order valence-electron chi connectivity index (χ2n) is 6.61. The van der Waals surface area contributed by atoms with Crippen molar-refractivity contribution in [1.82, 2.24) is 9.80 Å². The van der Waals surface area contributed by atoms with Crippen LogP contribution in [-0.2, 0) is 22.9 Å². The van der Waals surface area contributed by atoms with E-state index in [2.05, 4.69) is 0 Å². The molecule has 0 fully saturated rings. The number of carbonyl (C=O) groups is 2. The summed E-state index contributed by atoms with van der Waals surface area (Å²) in [4.78, 5) is 29.8. The van der Waals surface area contributed by atoms with Gasteiger partial charge in [0.15, 0.2) is 0 Å². The van der Waals surface area contributed by atoms with Gasteiger partial charge in [-0.1, -0.05) is 6.92 Å². The van der Waals surface area contributed by atoms with Crippen molar-refractivity contribution < 1.29 is 22.9 Å². The molecule has 0 aromatic rings. The maximum Gasteiger partial charge on any atom is 0.503 e. The maximum absolute atomic E-state index is 13.2. The molecule has 7 nitrogen and oxygen atoms in total. The Bertz CT molecular complexity index is 415. The first-order valence-electron chi connectivity index (χ1n) is 10.8. The molecule has 166 valence electrons. The maximum atomic E-state index is 13.2. The fourth-order valence-electron chi connectivity index (χ4n) is 3.47. The van der Waals surface area contributed by atoms with Crippen molar-refractivity contribution in [3.63, 3.8) is 0 Å². The van der Waals surface area contributed by atoms with E-state index in [1.165, 1.54) is 0 Å². The predicted octanol–water partition coefficient (Wildman–Crippen LogP) is 3.17. The van der Waals surface area contributed by atoms with Gasteiger partial charge in [0.2, 0.25) is 11.8 Å². The molecular weight excluding hydrogens is 376 g/mol. The molecule has 0 aromatic heterocycles. The summed E-state index contributed by atoms with van der Waals surface area (Å²) in [5.41, 5.74) is -0.170. The van der Waals surface area contributed by atoms with Crippen LogP contribution in [0.15, 0.2) is 0 Å². The highest BCUT2D eigenvalue weighted by molar-refractivity contribution is 6.62. The number of amides is 2. The van der Waals surface area contributed by atoms with E-state index in [0.717, 1.165) is 0 Å². The quantitative estimate of drug-likeness (QED) is 0.302. The van der Waals surface area contributed by atoms with Crippen molar-refractivity contribution in [2.45, 2.75) is 67.4 Å². The van der Waals surface area contributed by atoms with Gasteiger partial charge in [0.1, 0.15) is 5.92 Å². The predicted molar refractivity (Wildman–Crippen MR) is 114 cm³/mol. The van der Waals surface area contributed by atoms with E-state index >= 15 is 0 Å². The number of carbonyl (C=O) groups excluding carboxylic acids is 2. The standard InChI is InChI=1S/C20H42N2O5Si/c1-9-21(10-2)19(23)18(20(24)22(11-3)12-4)16-17(8)28(25-13-5,26-14-6)27-15-7/h17-18H,9-16H2,1-8H3. The zero-order valence-electron chi connectivity index (χ0n) is 19.2. The lowest BCUT2D eigenvalue weighted by Crippen LogP contribution is -2.52. The van der Waals surface area contributed by atoms with E-state index in [-0.39, 0.29) is 17.4 Å². The molecule has 0 radical (unpaired) electrons. The third kappa shape index (κ3) is 7.13. The van der Waals surface area contributed by atoms with Crippen LogP contribution in [0.1, 0.15) is 61.8 Å². The zero-order chi connectivity index (χ0) is 21.7. The summed E-state index contributed by atoms with van der Waals surface area (Å²) in [5.74, 6) is -0.995. The van der Waals surface area contributed by atoms with Gasteiger partial charge in [-0.3, -0.25) is 9.59 Å². The van der Waals surface area contributed by atoms with Crippen LogP contribution in [0.25, 0.3) is 0 Å². The first kappa shape index (κ1) is 27.0. The Morgan fingerprint density at radius 2 is 1.04 bits per heavy atom. The molecule has 1 atom stereocenters. The van der Waals surface area contributed by atoms with E-state index in [9.17, 15) is 9.59 Å². The largest absolute Gasteiger partial charge is 0.503 e. The normalized spacial score (nSPS) is 12.9. The lowest BCUT2D eigenvalue weighted by molar-refractivity contribution is -0.147. The third-order valence-electron chi connectivity index (χ3n) is 4.98. The number of nitrogens with zero attached hydrogens (tertiary/aromatic N) is 2. The van der Waals surface area contributed by atoms with E-state index in [1.807, 2.05) is 55.4 Å². The van der Waals surface area contributed by atoms with Crippen LogP contribution >= 0.6 is 0 Å². The molecule has 0 spiro atoms. The van der Waals surface area contributed by atoms with Crippen molar-refractivity contribution >= 4 is 20.6 Å². The molecule has 8 heteroatoms. The molecule has 0 aromatic carbocycles. The molecule has 0 aliphatic carbocycles. The minimum Gasteiger partial charge on any atom is -0.374 e. The average Bonchev–Trinajstić information content (AvgIpc) is 2.68. The lowest BCUT2D eigenvalue weighted by atomic mass is 9.99. The van der Waals surface area contributed by atoms with Gasteiger partial charge < -0.3 is 23.1 Å². The van der Waals surface area contributed by atoms with Crippen LogP contribution in [0.2, 0.25) is 5.54 Å². The molecule has 28 heavy (non-hydrogen) atoms. The Kier molecular flexibility index (Phi) is 13.6. The van der Waals surface area contributed by atoms with Crippen molar-refractivity contribution in [3.05, 3.63) is 0 Å². The van der Waals surface area contributed by atoms with Crippen molar-refractivity contribution in [2.75, 3.05) is 46.0 Å². The second kappa shape index (κ2) is 14.1. The number of hydrogen-bond donors (Lipinski definition) is 0. The third-order valence-corrected chi connectivity index (χ3v) is 8.49. The molecular formula is C20H42N2O5Si. The highest BCUT2D eigenvalue weighted by atomic mass is 28.4. The highest BCUT2D eigenvalue weighted by Gasteiger charge is 2.49. The average molecular weight is 419 g/mol. The van der Waals surface area contributed by atoms with Crippen LogP contribution in [0.5, 0.6) is 0 Å². The van der Waals surface area contributed by atoms with Crippen molar-refractivity contribution in [3.8, 4) is 0 Å². The van der Waals surface area contributed by atoms with Crippen LogP contribution in [0, 0.1) is 5.92 Å². The lowest BCUT2D eigenvalue weighted by Gasteiger charge is -2.36. The molecule has 1 unspecified atom stereocenters. The fourth-order valence-corrected chi connectivity index (χ4v) is 6.31. The van der Waals surface area contributed by atoms with E-state index in [4.69, 9.17) is 13.3 Å². The topological polar surface area (TPSA) is 68.3 Å². The smallest absolute Gasteiger partial charge is 0.374 e. The minimum atomic E-state index is -3.01.